The number of ether oxygens (including phenoxy) is 2. The molecule has 1 aromatic rings. The van der Waals surface area contributed by atoms with E-state index in [1.807, 2.05) is 6.92 Å². The Morgan fingerprint density at radius 1 is 1.35 bits per heavy atom. The molecule has 0 spiro atoms. The van der Waals surface area contributed by atoms with E-state index < -0.39 is 9.84 Å². The molecule has 1 aliphatic rings. The van der Waals surface area contributed by atoms with Crippen molar-refractivity contribution in [3.05, 3.63) is 18.2 Å². The number of rotatable bonds is 5. The first-order valence-corrected chi connectivity index (χ1v) is 8.51. The van der Waals surface area contributed by atoms with Crippen molar-refractivity contribution in [2.75, 3.05) is 31.3 Å². The van der Waals surface area contributed by atoms with Crippen molar-refractivity contribution < 1.29 is 17.9 Å². The van der Waals surface area contributed by atoms with Gasteiger partial charge in [-0.1, -0.05) is 0 Å². The maximum Gasteiger partial charge on any atom is 0.180 e. The molecule has 1 fully saturated rings. The third kappa shape index (κ3) is 3.64. The smallest absolute Gasteiger partial charge is 0.180 e. The van der Waals surface area contributed by atoms with Gasteiger partial charge in [-0.15, -0.1) is 0 Å². The van der Waals surface area contributed by atoms with Crippen molar-refractivity contribution in [3.8, 4) is 5.75 Å². The fourth-order valence-electron chi connectivity index (χ4n) is 2.35. The Bertz CT molecular complexity index is 550. The second-order valence-corrected chi connectivity index (χ2v) is 6.97. The molecule has 0 amide bonds. The molecule has 0 saturated carbocycles. The van der Waals surface area contributed by atoms with Crippen molar-refractivity contribution in [1.82, 2.24) is 0 Å². The zero-order chi connectivity index (χ0) is 14.6. The summed E-state index contributed by atoms with van der Waals surface area (Å²) < 4.78 is 35.6. The van der Waals surface area contributed by atoms with E-state index in [-0.39, 0.29) is 22.3 Å². The van der Waals surface area contributed by atoms with Crippen LogP contribution >= 0.6 is 0 Å². The zero-order valence-electron chi connectivity index (χ0n) is 11.7. The minimum atomic E-state index is -3.39. The van der Waals surface area contributed by atoms with Crippen LogP contribution < -0.4 is 10.5 Å². The number of hydrogen-bond donors (Lipinski definition) is 1. The van der Waals surface area contributed by atoms with Gasteiger partial charge in [-0.3, -0.25) is 0 Å². The van der Waals surface area contributed by atoms with Crippen LogP contribution in [0, 0.1) is 5.92 Å². The van der Waals surface area contributed by atoms with Gasteiger partial charge in [-0.25, -0.2) is 8.42 Å². The SMILES string of the molecule is CCOc1ccc(N)c(S(=O)(=O)CC2CCOCC2)c1. The Morgan fingerprint density at radius 3 is 2.70 bits per heavy atom. The molecule has 0 atom stereocenters. The molecule has 0 unspecified atom stereocenters. The van der Waals surface area contributed by atoms with E-state index >= 15 is 0 Å². The summed E-state index contributed by atoms with van der Waals surface area (Å²) in [6.07, 6.45) is 1.56. The molecule has 5 nitrogen and oxygen atoms in total. The van der Waals surface area contributed by atoms with Gasteiger partial charge >= 0.3 is 0 Å². The van der Waals surface area contributed by atoms with Gasteiger partial charge in [0, 0.05) is 19.3 Å². The van der Waals surface area contributed by atoms with Crippen LogP contribution in [0.5, 0.6) is 5.75 Å². The fraction of sp³-hybridized carbons (Fsp3) is 0.571. The van der Waals surface area contributed by atoms with E-state index in [0.717, 1.165) is 12.8 Å². The topological polar surface area (TPSA) is 78.6 Å². The molecule has 1 aliphatic heterocycles. The highest BCUT2D eigenvalue weighted by Crippen LogP contribution is 2.28. The highest BCUT2D eigenvalue weighted by Gasteiger charge is 2.25. The summed E-state index contributed by atoms with van der Waals surface area (Å²) in [4.78, 5) is 0.176. The predicted octanol–water partition coefficient (Wildman–Crippen LogP) is 1.87. The molecule has 0 bridgehead atoms. The second-order valence-electron chi connectivity index (χ2n) is 4.97. The molecule has 20 heavy (non-hydrogen) atoms. The molecule has 1 saturated heterocycles. The number of benzene rings is 1. The molecule has 112 valence electrons. The molecule has 0 radical (unpaired) electrons. The summed E-state index contributed by atoms with van der Waals surface area (Å²) in [6.45, 7) is 3.61. The molecule has 1 heterocycles. The van der Waals surface area contributed by atoms with Gasteiger partial charge in [-0.2, -0.15) is 0 Å². The normalized spacial score (nSPS) is 17.1. The highest BCUT2D eigenvalue weighted by atomic mass is 32.2. The van der Waals surface area contributed by atoms with Crippen LogP contribution in [0.25, 0.3) is 0 Å². The summed E-state index contributed by atoms with van der Waals surface area (Å²) in [5.74, 6) is 0.798. The van der Waals surface area contributed by atoms with E-state index in [0.29, 0.717) is 25.6 Å². The van der Waals surface area contributed by atoms with Gasteiger partial charge in [0.25, 0.3) is 0 Å². The van der Waals surface area contributed by atoms with Crippen molar-refractivity contribution in [1.29, 1.82) is 0 Å². The van der Waals surface area contributed by atoms with Crippen LogP contribution in [0.4, 0.5) is 5.69 Å². The third-order valence-electron chi connectivity index (χ3n) is 3.43. The lowest BCUT2D eigenvalue weighted by Gasteiger charge is -2.22. The molecule has 6 heteroatoms. The first kappa shape index (κ1) is 15.1. The van der Waals surface area contributed by atoms with Gasteiger partial charge in [0.15, 0.2) is 9.84 Å². The Balaban J connectivity index is 2.21. The molecule has 0 aromatic heterocycles. The van der Waals surface area contributed by atoms with Crippen LogP contribution in [-0.4, -0.2) is 34.0 Å². The van der Waals surface area contributed by atoms with Gasteiger partial charge < -0.3 is 15.2 Å². The van der Waals surface area contributed by atoms with Crippen molar-refractivity contribution in [2.24, 2.45) is 5.92 Å². The minimum Gasteiger partial charge on any atom is -0.494 e. The largest absolute Gasteiger partial charge is 0.494 e. The molecular weight excluding hydrogens is 278 g/mol. The number of sulfone groups is 1. The average molecular weight is 299 g/mol. The quantitative estimate of drug-likeness (QED) is 0.840. The first-order valence-electron chi connectivity index (χ1n) is 6.85. The van der Waals surface area contributed by atoms with Crippen molar-refractivity contribution in [2.45, 2.75) is 24.7 Å². The maximum atomic E-state index is 12.5. The van der Waals surface area contributed by atoms with E-state index in [1.165, 1.54) is 6.07 Å². The van der Waals surface area contributed by atoms with E-state index in [9.17, 15) is 8.42 Å². The van der Waals surface area contributed by atoms with Gasteiger partial charge in [0.05, 0.1) is 22.9 Å². The van der Waals surface area contributed by atoms with Crippen LogP contribution in [-0.2, 0) is 14.6 Å². The maximum absolute atomic E-state index is 12.5. The summed E-state index contributed by atoms with van der Waals surface area (Å²) in [5, 5.41) is 0. The first-order chi connectivity index (χ1) is 9.53. The average Bonchev–Trinajstić information content (AvgIpc) is 2.42. The predicted molar refractivity (Wildman–Crippen MR) is 77.6 cm³/mol. The molecule has 0 aliphatic carbocycles. The number of anilines is 1. The number of nitrogens with two attached hydrogens (primary N) is 1. The number of nitrogen functional groups attached to an aromatic ring is 1. The number of hydrogen-bond acceptors (Lipinski definition) is 5. The highest BCUT2D eigenvalue weighted by molar-refractivity contribution is 7.91. The third-order valence-corrected chi connectivity index (χ3v) is 5.36. The van der Waals surface area contributed by atoms with Crippen molar-refractivity contribution in [3.63, 3.8) is 0 Å². The van der Waals surface area contributed by atoms with E-state index in [2.05, 4.69) is 0 Å². The summed E-state index contributed by atoms with van der Waals surface area (Å²) in [6, 6.07) is 4.79. The molecule has 2 N–H and O–H groups in total. The Hall–Kier alpha value is -1.27. The van der Waals surface area contributed by atoms with Crippen LogP contribution in [0.15, 0.2) is 23.1 Å². The minimum absolute atomic E-state index is 0.121. The monoisotopic (exact) mass is 299 g/mol. The lowest BCUT2D eigenvalue weighted by atomic mass is 10.0. The van der Waals surface area contributed by atoms with E-state index in [1.54, 1.807) is 12.1 Å². The molecule has 2 rings (SSSR count). The van der Waals surface area contributed by atoms with Crippen LogP contribution in [0.2, 0.25) is 0 Å². The van der Waals surface area contributed by atoms with Gasteiger partial charge in [0.1, 0.15) is 5.75 Å². The van der Waals surface area contributed by atoms with Crippen molar-refractivity contribution >= 4 is 15.5 Å². The Labute approximate surface area is 120 Å². The van der Waals surface area contributed by atoms with Crippen LogP contribution in [0.1, 0.15) is 19.8 Å². The summed E-state index contributed by atoms with van der Waals surface area (Å²) >= 11 is 0. The summed E-state index contributed by atoms with van der Waals surface area (Å²) in [5.41, 5.74) is 6.10. The molecular formula is C14H21NO4S. The van der Waals surface area contributed by atoms with Crippen LogP contribution in [0.3, 0.4) is 0 Å². The zero-order valence-corrected chi connectivity index (χ0v) is 12.5. The Morgan fingerprint density at radius 2 is 2.05 bits per heavy atom. The lowest BCUT2D eigenvalue weighted by molar-refractivity contribution is 0.0723. The van der Waals surface area contributed by atoms with Gasteiger partial charge in [-0.05, 0) is 37.8 Å². The van der Waals surface area contributed by atoms with E-state index in [4.69, 9.17) is 15.2 Å². The summed E-state index contributed by atoms with van der Waals surface area (Å²) in [7, 11) is -3.39. The van der Waals surface area contributed by atoms with Gasteiger partial charge in [0.2, 0.25) is 0 Å². The fourth-order valence-corrected chi connectivity index (χ4v) is 4.21. The standard InChI is InChI=1S/C14H21NO4S/c1-2-19-12-3-4-13(15)14(9-12)20(16,17)10-11-5-7-18-8-6-11/h3-4,9,11H,2,5-8,10,15H2,1H3. The lowest BCUT2D eigenvalue weighted by Crippen LogP contribution is -2.24. The second kappa shape index (κ2) is 6.45. The Kier molecular flexibility index (Phi) is 4.88. The molecule has 1 aromatic carbocycles.